The highest BCUT2D eigenvalue weighted by Gasteiger charge is 2.31. The van der Waals surface area contributed by atoms with Crippen molar-refractivity contribution in [1.82, 2.24) is 0 Å². The molecule has 0 aliphatic carbocycles. The molecule has 1 aliphatic rings. The first-order valence-electron chi connectivity index (χ1n) is 7.92. The predicted octanol–water partition coefficient (Wildman–Crippen LogP) is 6.05. The van der Waals surface area contributed by atoms with Crippen LogP contribution < -0.4 is 4.74 Å². The summed E-state index contributed by atoms with van der Waals surface area (Å²) in [6.07, 6.45) is 6.12. The minimum absolute atomic E-state index is 0.0466. The van der Waals surface area contributed by atoms with Gasteiger partial charge < -0.3 is 4.74 Å². The maximum Gasteiger partial charge on any atom is 0.123 e. The van der Waals surface area contributed by atoms with Crippen LogP contribution in [-0.4, -0.2) is 5.60 Å². The van der Waals surface area contributed by atoms with Gasteiger partial charge in [-0.15, -0.1) is 0 Å². The minimum Gasteiger partial charge on any atom is -0.487 e. The van der Waals surface area contributed by atoms with Gasteiger partial charge in [-0.05, 0) is 49.8 Å². The molecule has 2 rings (SSSR count). The summed E-state index contributed by atoms with van der Waals surface area (Å²) in [7, 11) is 0. The lowest BCUT2D eigenvalue weighted by Crippen LogP contribution is -2.24. The second-order valence-corrected chi connectivity index (χ2v) is 7.63. The van der Waals surface area contributed by atoms with E-state index in [1.807, 2.05) is 0 Å². The molecule has 1 aromatic carbocycles. The van der Waals surface area contributed by atoms with Gasteiger partial charge in [0.25, 0.3) is 0 Å². The van der Waals surface area contributed by atoms with Crippen LogP contribution in [-0.2, 0) is 6.42 Å². The Labute approximate surface area is 132 Å². The van der Waals surface area contributed by atoms with Crippen LogP contribution in [0.2, 0.25) is 0 Å². The number of alkyl halides is 1. The Hall–Kier alpha value is -0.500. The standard InChI is InChI=1S/C18H27BrO/c1-5-7-13(8-6-2)17(19)14-9-10-16-15(11-14)12-18(3,4)20-16/h9-11,13,17H,5-8,12H2,1-4H3. The van der Waals surface area contributed by atoms with E-state index in [1.54, 1.807) is 0 Å². The Morgan fingerprint density at radius 3 is 2.45 bits per heavy atom. The fourth-order valence-corrected chi connectivity index (χ4v) is 4.07. The fraction of sp³-hybridized carbons (Fsp3) is 0.667. The largest absolute Gasteiger partial charge is 0.487 e. The van der Waals surface area contributed by atoms with Crippen LogP contribution in [0, 0.1) is 5.92 Å². The molecule has 0 aromatic heterocycles. The summed E-state index contributed by atoms with van der Waals surface area (Å²) < 4.78 is 5.97. The van der Waals surface area contributed by atoms with Crippen molar-refractivity contribution in [3.05, 3.63) is 29.3 Å². The molecule has 0 fully saturated rings. The third-order valence-corrected chi connectivity index (χ3v) is 5.41. The minimum atomic E-state index is -0.0466. The van der Waals surface area contributed by atoms with Gasteiger partial charge in [0.05, 0.1) is 0 Å². The van der Waals surface area contributed by atoms with Crippen LogP contribution in [0.1, 0.15) is 69.3 Å². The maximum atomic E-state index is 5.97. The molecule has 1 nitrogen and oxygen atoms in total. The van der Waals surface area contributed by atoms with Gasteiger partial charge in [0, 0.05) is 11.2 Å². The summed E-state index contributed by atoms with van der Waals surface area (Å²) in [5, 5.41) is 0. The van der Waals surface area contributed by atoms with Gasteiger partial charge in [0.2, 0.25) is 0 Å². The molecule has 112 valence electrons. The molecular formula is C18H27BrO. The average Bonchev–Trinajstić information content (AvgIpc) is 2.70. The number of hydrogen-bond acceptors (Lipinski definition) is 1. The molecule has 20 heavy (non-hydrogen) atoms. The summed E-state index contributed by atoms with van der Waals surface area (Å²) in [6.45, 7) is 8.88. The van der Waals surface area contributed by atoms with Crippen LogP contribution in [0.4, 0.5) is 0 Å². The van der Waals surface area contributed by atoms with Crippen LogP contribution in [0.5, 0.6) is 5.75 Å². The summed E-state index contributed by atoms with van der Waals surface area (Å²) in [5.41, 5.74) is 2.73. The number of ether oxygens (including phenoxy) is 1. The van der Waals surface area contributed by atoms with Gasteiger partial charge in [-0.1, -0.05) is 54.8 Å². The summed E-state index contributed by atoms with van der Waals surface area (Å²) in [6, 6.07) is 6.74. The molecule has 1 aromatic rings. The van der Waals surface area contributed by atoms with E-state index in [0.29, 0.717) is 4.83 Å². The number of fused-ring (bicyclic) bond motifs is 1. The van der Waals surface area contributed by atoms with Crippen molar-refractivity contribution in [2.75, 3.05) is 0 Å². The Bertz CT molecular complexity index is 447. The van der Waals surface area contributed by atoms with Crippen molar-refractivity contribution in [3.8, 4) is 5.75 Å². The third kappa shape index (κ3) is 3.58. The molecule has 1 unspecified atom stereocenters. The lowest BCUT2D eigenvalue weighted by molar-refractivity contribution is 0.138. The molecule has 2 heteroatoms. The Balaban J connectivity index is 2.17. The van der Waals surface area contributed by atoms with Gasteiger partial charge in [0.15, 0.2) is 0 Å². The van der Waals surface area contributed by atoms with E-state index in [-0.39, 0.29) is 5.60 Å². The smallest absolute Gasteiger partial charge is 0.123 e. The number of benzene rings is 1. The Morgan fingerprint density at radius 1 is 1.20 bits per heavy atom. The lowest BCUT2D eigenvalue weighted by atomic mass is 9.90. The van der Waals surface area contributed by atoms with Crippen molar-refractivity contribution in [2.24, 2.45) is 5.92 Å². The van der Waals surface area contributed by atoms with Crippen LogP contribution in [0.15, 0.2) is 18.2 Å². The Morgan fingerprint density at radius 2 is 1.85 bits per heavy atom. The van der Waals surface area contributed by atoms with Gasteiger partial charge >= 0.3 is 0 Å². The molecule has 1 atom stereocenters. The van der Waals surface area contributed by atoms with Gasteiger partial charge in [-0.2, -0.15) is 0 Å². The first-order chi connectivity index (χ1) is 9.46. The highest BCUT2D eigenvalue weighted by Crippen LogP contribution is 2.41. The molecule has 0 saturated heterocycles. The number of hydrogen-bond donors (Lipinski definition) is 0. The SMILES string of the molecule is CCCC(CCC)C(Br)c1ccc2c(c1)CC(C)(C)O2. The number of rotatable bonds is 6. The van der Waals surface area contributed by atoms with Gasteiger partial charge in [-0.3, -0.25) is 0 Å². The van der Waals surface area contributed by atoms with Crippen LogP contribution in [0.25, 0.3) is 0 Å². The van der Waals surface area contributed by atoms with E-state index in [1.165, 1.54) is 36.8 Å². The molecule has 1 aliphatic heterocycles. The molecule has 0 radical (unpaired) electrons. The summed E-state index contributed by atoms with van der Waals surface area (Å²) >= 11 is 3.95. The second kappa shape index (κ2) is 6.51. The lowest BCUT2D eigenvalue weighted by Gasteiger charge is -2.22. The van der Waals surface area contributed by atoms with Crippen molar-refractivity contribution >= 4 is 15.9 Å². The zero-order valence-electron chi connectivity index (χ0n) is 13.2. The number of halogens is 1. The van der Waals surface area contributed by atoms with E-state index in [9.17, 15) is 0 Å². The topological polar surface area (TPSA) is 9.23 Å². The van der Waals surface area contributed by atoms with Crippen molar-refractivity contribution in [1.29, 1.82) is 0 Å². The summed E-state index contributed by atoms with van der Waals surface area (Å²) in [5.74, 6) is 1.80. The van der Waals surface area contributed by atoms with E-state index in [0.717, 1.165) is 18.1 Å². The zero-order valence-corrected chi connectivity index (χ0v) is 14.8. The Kier molecular flexibility index (Phi) is 5.17. The quantitative estimate of drug-likeness (QED) is 0.573. The van der Waals surface area contributed by atoms with E-state index < -0.39 is 0 Å². The van der Waals surface area contributed by atoms with Crippen LogP contribution >= 0.6 is 15.9 Å². The molecule has 0 N–H and O–H groups in total. The van der Waals surface area contributed by atoms with Crippen molar-refractivity contribution in [2.45, 2.75) is 70.2 Å². The molecule has 0 amide bonds. The fourth-order valence-electron chi connectivity index (χ4n) is 3.25. The normalized spacial score (nSPS) is 17.9. The van der Waals surface area contributed by atoms with Crippen molar-refractivity contribution in [3.63, 3.8) is 0 Å². The predicted molar refractivity (Wildman–Crippen MR) is 89.8 cm³/mol. The van der Waals surface area contributed by atoms with Gasteiger partial charge in [-0.25, -0.2) is 0 Å². The van der Waals surface area contributed by atoms with Crippen LogP contribution in [0.3, 0.4) is 0 Å². The van der Waals surface area contributed by atoms with Gasteiger partial charge in [0.1, 0.15) is 11.4 Å². The molecular weight excluding hydrogens is 312 g/mol. The highest BCUT2D eigenvalue weighted by atomic mass is 79.9. The van der Waals surface area contributed by atoms with E-state index in [2.05, 4.69) is 61.8 Å². The second-order valence-electron chi connectivity index (χ2n) is 6.64. The molecule has 0 bridgehead atoms. The first-order valence-corrected chi connectivity index (χ1v) is 8.84. The molecule has 0 spiro atoms. The highest BCUT2D eigenvalue weighted by molar-refractivity contribution is 9.09. The summed E-state index contributed by atoms with van der Waals surface area (Å²) in [4.78, 5) is 0.469. The molecule has 1 heterocycles. The zero-order chi connectivity index (χ0) is 14.8. The average molecular weight is 339 g/mol. The third-order valence-electron chi connectivity index (χ3n) is 4.14. The maximum absolute atomic E-state index is 5.97. The van der Waals surface area contributed by atoms with E-state index in [4.69, 9.17) is 4.74 Å². The van der Waals surface area contributed by atoms with E-state index >= 15 is 0 Å². The first kappa shape index (κ1) is 15.9. The molecule has 0 saturated carbocycles. The van der Waals surface area contributed by atoms with Crippen molar-refractivity contribution < 1.29 is 4.74 Å². The monoisotopic (exact) mass is 338 g/mol.